The largest absolute Gasteiger partial charge is 0.324 e. The smallest absolute Gasteiger partial charge is 0.234 e. The monoisotopic (exact) mass is 753 g/mol. The molecule has 0 saturated carbocycles. The van der Waals surface area contributed by atoms with Crippen LogP contribution < -0.4 is 5.32 Å². The van der Waals surface area contributed by atoms with Gasteiger partial charge in [0, 0.05) is 17.3 Å². The lowest BCUT2D eigenvalue weighted by molar-refractivity contribution is -0.113. The molecule has 1 aromatic carbocycles. The van der Waals surface area contributed by atoms with E-state index in [9.17, 15) is 4.79 Å². The Kier molecular flexibility index (Phi) is 10.9. The summed E-state index contributed by atoms with van der Waals surface area (Å²) < 4.78 is 5.44. The quantitative estimate of drug-likeness (QED) is 0.252. The number of amides is 1. The van der Waals surface area contributed by atoms with Crippen molar-refractivity contribution in [3.05, 3.63) is 28.7 Å². The van der Waals surface area contributed by atoms with E-state index in [0.29, 0.717) is 5.75 Å². The minimum absolute atomic E-state index is 0.0294. The van der Waals surface area contributed by atoms with E-state index in [1.807, 2.05) is 0 Å². The third-order valence-electron chi connectivity index (χ3n) is 4.39. The molecule has 160 valence electrons. The number of carbonyl (C=O) groups is 1. The zero-order chi connectivity index (χ0) is 21.6. The predicted octanol–water partition coefficient (Wildman–Crippen LogP) is 5.64. The summed E-state index contributed by atoms with van der Waals surface area (Å²) in [6.45, 7) is 5.21. The Balaban J connectivity index is 2.13. The van der Waals surface area contributed by atoms with Crippen molar-refractivity contribution in [1.82, 2.24) is 19.7 Å². The van der Waals surface area contributed by atoms with Crippen LogP contribution in [0.1, 0.15) is 45.0 Å². The van der Waals surface area contributed by atoms with Crippen molar-refractivity contribution < 1.29 is 4.79 Å². The van der Waals surface area contributed by atoms with Crippen LogP contribution in [-0.4, -0.2) is 45.4 Å². The lowest BCUT2D eigenvalue weighted by Gasteiger charge is -2.23. The first-order valence-corrected chi connectivity index (χ1v) is 13.7. The minimum atomic E-state index is -0.0294. The van der Waals surface area contributed by atoms with Gasteiger partial charge in [-0.2, -0.15) is 0 Å². The van der Waals surface area contributed by atoms with Gasteiger partial charge in [-0.25, -0.2) is 0 Å². The highest BCUT2D eigenvalue weighted by Crippen LogP contribution is 2.29. The summed E-state index contributed by atoms with van der Waals surface area (Å²) in [5.41, 5.74) is 0.879. The van der Waals surface area contributed by atoms with Crippen LogP contribution in [0.5, 0.6) is 0 Å². The van der Waals surface area contributed by atoms with Crippen LogP contribution in [0.4, 0.5) is 5.69 Å². The van der Waals surface area contributed by atoms with Crippen LogP contribution in [-0.2, 0) is 11.3 Å². The molecule has 1 atom stereocenters. The number of thioether (sulfide) groups is 1. The van der Waals surface area contributed by atoms with Gasteiger partial charge in [-0.15, -0.1) is 10.2 Å². The van der Waals surface area contributed by atoms with E-state index >= 15 is 0 Å². The molecule has 0 unspecified atom stereocenters. The molecule has 0 fully saturated rings. The van der Waals surface area contributed by atoms with Crippen molar-refractivity contribution in [1.29, 1.82) is 0 Å². The van der Waals surface area contributed by atoms with E-state index in [1.54, 1.807) is 0 Å². The Morgan fingerprint density at radius 3 is 2.41 bits per heavy atom. The third-order valence-corrected chi connectivity index (χ3v) is 7.68. The van der Waals surface area contributed by atoms with Gasteiger partial charge in [0.05, 0.1) is 17.5 Å². The topological polar surface area (TPSA) is 63.1 Å². The van der Waals surface area contributed by atoms with Gasteiger partial charge < -0.3 is 9.88 Å². The Morgan fingerprint density at radius 1 is 1.21 bits per heavy atom. The number of unbranched alkanes of at least 4 members (excludes halogenated alkanes) is 1. The number of benzene rings is 1. The zero-order valence-electron chi connectivity index (χ0n) is 17.0. The van der Waals surface area contributed by atoms with E-state index in [2.05, 4.69) is 133 Å². The SMILES string of the molecule is CCCCn1c(SCC(=O)Nc2c(I)cc(I)cc2I)nnc1[C@@H](CC)N(C)C. The highest BCUT2D eigenvalue weighted by Gasteiger charge is 2.22. The molecule has 6 nitrogen and oxygen atoms in total. The van der Waals surface area contributed by atoms with E-state index in [0.717, 1.165) is 53.2 Å². The van der Waals surface area contributed by atoms with E-state index in [4.69, 9.17) is 0 Å². The lowest BCUT2D eigenvalue weighted by Crippen LogP contribution is -2.23. The number of hydrogen-bond donors (Lipinski definition) is 1. The summed E-state index contributed by atoms with van der Waals surface area (Å²) in [6, 6.07) is 4.34. The molecule has 29 heavy (non-hydrogen) atoms. The summed E-state index contributed by atoms with van der Waals surface area (Å²) in [6.07, 6.45) is 3.13. The molecule has 1 aromatic heterocycles. The van der Waals surface area contributed by atoms with Crippen molar-refractivity contribution in [2.45, 2.75) is 50.9 Å². The number of hydrogen-bond acceptors (Lipinski definition) is 5. The number of anilines is 1. The fourth-order valence-corrected chi connectivity index (χ4v) is 7.55. The first-order chi connectivity index (χ1) is 13.8. The van der Waals surface area contributed by atoms with Crippen molar-refractivity contribution in [3.63, 3.8) is 0 Å². The molecular weight excluding hydrogens is 727 g/mol. The van der Waals surface area contributed by atoms with Gasteiger partial charge in [0.25, 0.3) is 0 Å². The number of aromatic nitrogens is 3. The molecule has 10 heteroatoms. The highest BCUT2D eigenvalue weighted by molar-refractivity contribution is 14.1. The molecule has 0 aliphatic heterocycles. The maximum absolute atomic E-state index is 12.6. The fraction of sp³-hybridized carbons (Fsp3) is 0.526. The molecule has 1 N–H and O–H groups in total. The molecular formula is C19H26I3N5OS. The maximum Gasteiger partial charge on any atom is 0.234 e. The molecule has 0 saturated heterocycles. The molecule has 2 aromatic rings. The number of nitrogens with zero attached hydrogens (tertiary/aromatic N) is 4. The van der Waals surface area contributed by atoms with Gasteiger partial charge in [0.2, 0.25) is 5.91 Å². The van der Waals surface area contributed by atoms with Gasteiger partial charge in [0.1, 0.15) is 0 Å². The van der Waals surface area contributed by atoms with Gasteiger partial charge in [-0.3, -0.25) is 9.69 Å². The third kappa shape index (κ3) is 7.17. The fourth-order valence-electron chi connectivity index (χ4n) is 2.93. The van der Waals surface area contributed by atoms with Crippen molar-refractivity contribution >= 4 is 91.1 Å². The molecule has 0 aliphatic carbocycles. The number of rotatable bonds is 10. The molecule has 0 bridgehead atoms. The summed E-state index contributed by atoms with van der Waals surface area (Å²) in [4.78, 5) is 14.8. The molecule has 1 heterocycles. The number of nitrogens with one attached hydrogen (secondary N) is 1. The standard InChI is InChI=1S/C19H26I3N5OS/c1-5-7-8-27-18(15(6-2)26(3)4)24-25-19(27)29-11-16(28)23-17-13(21)9-12(20)10-14(17)22/h9-10,15H,5-8,11H2,1-4H3,(H,23,28)/t15-/m1/s1. The first kappa shape index (κ1) is 25.6. The van der Waals surface area contributed by atoms with Crippen molar-refractivity contribution in [2.24, 2.45) is 0 Å². The summed E-state index contributed by atoms with van der Waals surface area (Å²) in [5.74, 6) is 1.26. The Bertz CT molecular complexity index is 820. The maximum atomic E-state index is 12.6. The average molecular weight is 753 g/mol. The minimum Gasteiger partial charge on any atom is -0.324 e. The van der Waals surface area contributed by atoms with Gasteiger partial charge in [0.15, 0.2) is 11.0 Å². The Labute approximate surface area is 218 Å². The molecule has 1 amide bonds. The van der Waals surface area contributed by atoms with Crippen molar-refractivity contribution in [3.8, 4) is 0 Å². The Morgan fingerprint density at radius 2 is 1.86 bits per heavy atom. The highest BCUT2D eigenvalue weighted by atomic mass is 127. The van der Waals surface area contributed by atoms with Gasteiger partial charge in [-0.1, -0.05) is 32.0 Å². The summed E-state index contributed by atoms with van der Waals surface area (Å²) in [7, 11) is 4.13. The normalized spacial score (nSPS) is 12.4. The average Bonchev–Trinajstić information content (AvgIpc) is 3.04. The van der Waals surface area contributed by atoms with E-state index in [-0.39, 0.29) is 11.9 Å². The molecule has 0 spiro atoms. The van der Waals surface area contributed by atoms with Crippen molar-refractivity contribution in [2.75, 3.05) is 25.2 Å². The van der Waals surface area contributed by atoms with Crippen LogP contribution in [0.15, 0.2) is 17.3 Å². The van der Waals surface area contributed by atoms with Gasteiger partial charge in [-0.05, 0) is 107 Å². The molecule has 0 aliphatic rings. The van der Waals surface area contributed by atoms with Gasteiger partial charge >= 0.3 is 0 Å². The molecule has 2 rings (SSSR count). The second kappa shape index (κ2) is 12.4. The summed E-state index contributed by atoms with van der Waals surface area (Å²) >= 11 is 8.27. The lowest BCUT2D eigenvalue weighted by atomic mass is 10.2. The second-order valence-corrected chi connectivity index (χ2v) is 11.3. The van der Waals surface area contributed by atoms with Crippen LogP contribution in [0, 0.1) is 10.7 Å². The Hall–Kier alpha value is 0.330. The predicted molar refractivity (Wildman–Crippen MR) is 146 cm³/mol. The number of halogens is 3. The summed E-state index contributed by atoms with van der Waals surface area (Å²) in [5, 5.41) is 12.8. The van der Waals surface area contributed by atoms with Crippen LogP contribution in [0.25, 0.3) is 0 Å². The van der Waals surface area contributed by atoms with Crippen LogP contribution >= 0.6 is 79.5 Å². The van der Waals surface area contributed by atoms with E-state index < -0.39 is 0 Å². The zero-order valence-corrected chi connectivity index (χ0v) is 24.3. The number of carbonyl (C=O) groups excluding carboxylic acids is 1. The van der Waals surface area contributed by atoms with Crippen LogP contribution in [0.2, 0.25) is 0 Å². The first-order valence-electron chi connectivity index (χ1n) is 9.45. The van der Waals surface area contributed by atoms with Crippen LogP contribution in [0.3, 0.4) is 0 Å². The van der Waals surface area contributed by atoms with E-state index in [1.165, 1.54) is 11.8 Å². The molecule has 0 radical (unpaired) electrons. The second-order valence-electron chi connectivity index (χ2n) is 6.81.